The van der Waals surface area contributed by atoms with Gasteiger partial charge in [0.05, 0.1) is 32.9 Å². The highest BCUT2D eigenvalue weighted by Crippen LogP contribution is 2.29. The predicted octanol–water partition coefficient (Wildman–Crippen LogP) is 3.17. The van der Waals surface area contributed by atoms with E-state index in [1.165, 1.54) is 26.2 Å². The fourth-order valence-corrected chi connectivity index (χ4v) is 3.50. The highest BCUT2D eigenvalue weighted by atomic mass is 35.5. The van der Waals surface area contributed by atoms with Gasteiger partial charge in [-0.15, -0.1) is 0 Å². The first-order chi connectivity index (χ1) is 15.4. The van der Waals surface area contributed by atoms with E-state index in [-0.39, 0.29) is 19.6 Å². The number of nitrogens with zero attached hydrogens (tertiary/aromatic N) is 2. The number of carbonyl (C=O) groups excluding carboxylic acids is 3. The Hall–Kier alpha value is -3.30. The summed E-state index contributed by atoms with van der Waals surface area (Å²) < 4.78 is 15.5. The van der Waals surface area contributed by atoms with E-state index in [9.17, 15) is 14.4 Å². The number of hydrogen-bond acceptors (Lipinski definition) is 6. The molecule has 1 atom stereocenters. The number of imide groups is 1. The number of benzene rings is 2. The largest absolute Gasteiger partial charge is 0.497 e. The van der Waals surface area contributed by atoms with Gasteiger partial charge in [-0.1, -0.05) is 11.6 Å². The smallest absolute Gasteiger partial charge is 0.332 e. The number of carbonyl (C=O) groups is 3. The fraction of sp³-hybridized carbons (Fsp3) is 0.318. The van der Waals surface area contributed by atoms with Crippen molar-refractivity contribution in [2.45, 2.75) is 12.5 Å². The van der Waals surface area contributed by atoms with Crippen molar-refractivity contribution < 1.29 is 28.6 Å². The zero-order valence-electron chi connectivity index (χ0n) is 18.0. The lowest BCUT2D eigenvalue weighted by molar-refractivity contribution is -0.124. The molecule has 10 heteroatoms. The van der Waals surface area contributed by atoms with Crippen molar-refractivity contribution in [3.05, 3.63) is 47.5 Å². The van der Waals surface area contributed by atoms with Gasteiger partial charge in [-0.3, -0.25) is 9.59 Å². The molecule has 0 bridgehead atoms. The number of hydrogen-bond donors (Lipinski definition) is 1. The molecule has 170 valence electrons. The Balaban J connectivity index is 1.81. The topological polar surface area (TPSA) is 97.4 Å². The fourth-order valence-electron chi connectivity index (χ4n) is 3.37. The number of nitrogens with one attached hydrogen (secondary N) is 1. The van der Waals surface area contributed by atoms with E-state index in [1.54, 1.807) is 42.5 Å². The van der Waals surface area contributed by atoms with Crippen LogP contribution in [-0.2, 0) is 14.3 Å². The molecule has 1 aliphatic heterocycles. The summed E-state index contributed by atoms with van der Waals surface area (Å²) in [6.45, 7) is 0.384. The van der Waals surface area contributed by atoms with E-state index < -0.39 is 23.9 Å². The molecule has 0 aliphatic carbocycles. The van der Waals surface area contributed by atoms with Crippen molar-refractivity contribution in [1.82, 2.24) is 4.90 Å². The maximum absolute atomic E-state index is 13.1. The molecule has 0 saturated carbocycles. The second-order valence-electron chi connectivity index (χ2n) is 6.99. The predicted molar refractivity (Wildman–Crippen MR) is 119 cm³/mol. The standard InChI is InChI=1S/C22H24ClN3O6/c1-30-9-8-25-19(21(28)26(22(25)29)16-6-4-14(23)5-7-16)13-20(27)24-15-10-17(31-2)12-18(11-15)32-3/h4-7,10-12,19H,8-9,13H2,1-3H3,(H,24,27)/t19-/m0/s1. The number of rotatable bonds is 9. The van der Waals surface area contributed by atoms with Crippen LogP contribution in [0.2, 0.25) is 5.02 Å². The molecule has 4 amide bonds. The average Bonchev–Trinajstić information content (AvgIpc) is 3.01. The third-order valence-corrected chi connectivity index (χ3v) is 5.21. The van der Waals surface area contributed by atoms with Crippen LogP contribution in [0.3, 0.4) is 0 Å². The second kappa shape index (κ2) is 10.3. The zero-order chi connectivity index (χ0) is 23.3. The van der Waals surface area contributed by atoms with Crippen LogP contribution in [0.15, 0.2) is 42.5 Å². The van der Waals surface area contributed by atoms with Crippen LogP contribution in [0.4, 0.5) is 16.2 Å². The number of methoxy groups -OCH3 is 3. The molecule has 0 aromatic heterocycles. The number of halogens is 1. The third kappa shape index (κ3) is 5.12. The van der Waals surface area contributed by atoms with Crippen LogP contribution in [-0.4, -0.2) is 63.3 Å². The lowest BCUT2D eigenvalue weighted by atomic mass is 10.1. The van der Waals surface area contributed by atoms with E-state index in [4.69, 9.17) is 25.8 Å². The van der Waals surface area contributed by atoms with E-state index in [0.29, 0.717) is 27.9 Å². The molecule has 1 aliphatic rings. The lowest BCUT2D eigenvalue weighted by Crippen LogP contribution is -2.39. The summed E-state index contributed by atoms with van der Waals surface area (Å²) in [5.74, 6) is 0.0726. The van der Waals surface area contributed by atoms with Crippen LogP contribution >= 0.6 is 11.6 Å². The van der Waals surface area contributed by atoms with Gasteiger partial charge in [0.2, 0.25) is 5.91 Å². The first kappa shape index (κ1) is 23.4. The molecule has 1 heterocycles. The molecule has 9 nitrogen and oxygen atoms in total. The van der Waals surface area contributed by atoms with Crippen LogP contribution in [0.1, 0.15) is 6.42 Å². The molecule has 1 N–H and O–H groups in total. The summed E-state index contributed by atoms with van der Waals surface area (Å²) in [5.41, 5.74) is 0.827. The first-order valence-corrected chi connectivity index (χ1v) is 10.2. The molecule has 0 spiro atoms. The SMILES string of the molecule is COCCN1C(=O)N(c2ccc(Cl)cc2)C(=O)[C@@H]1CC(=O)Nc1cc(OC)cc(OC)c1. The summed E-state index contributed by atoms with van der Waals surface area (Å²) in [6, 6.07) is 9.78. The summed E-state index contributed by atoms with van der Waals surface area (Å²) in [4.78, 5) is 41.3. The molecule has 32 heavy (non-hydrogen) atoms. The van der Waals surface area contributed by atoms with Gasteiger partial charge >= 0.3 is 6.03 Å². The molecular formula is C22H24ClN3O6. The van der Waals surface area contributed by atoms with Crippen molar-refractivity contribution in [2.24, 2.45) is 0 Å². The van der Waals surface area contributed by atoms with Crippen LogP contribution in [0.25, 0.3) is 0 Å². The van der Waals surface area contributed by atoms with Crippen molar-refractivity contribution in [2.75, 3.05) is 44.7 Å². The molecule has 3 rings (SSSR count). The molecule has 2 aromatic carbocycles. The lowest BCUT2D eigenvalue weighted by Gasteiger charge is -2.21. The minimum absolute atomic E-state index is 0.163. The monoisotopic (exact) mass is 461 g/mol. The normalized spacial score (nSPS) is 15.8. The van der Waals surface area contributed by atoms with E-state index in [2.05, 4.69) is 5.32 Å². The maximum Gasteiger partial charge on any atom is 0.332 e. The number of urea groups is 1. The number of anilines is 2. The Kier molecular flexibility index (Phi) is 7.55. The van der Waals surface area contributed by atoms with Gasteiger partial charge in [0, 0.05) is 42.6 Å². The highest BCUT2D eigenvalue weighted by molar-refractivity contribution is 6.30. The molecule has 1 fully saturated rings. The molecule has 1 saturated heterocycles. The summed E-state index contributed by atoms with van der Waals surface area (Å²) in [7, 11) is 4.50. The van der Waals surface area contributed by atoms with Gasteiger partial charge in [-0.25, -0.2) is 9.69 Å². The van der Waals surface area contributed by atoms with Gasteiger partial charge in [0.15, 0.2) is 0 Å². The summed E-state index contributed by atoms with van der Waals surface area (Å²) >= 11 is 5.92. The maximum atomic E-state index is 13.1. The van der Waals surface area contributed by atoms with Gasteiger partial charge < -0.3 is 24.4 Å². The van der Waals surface area contributed by atoms with E-state index in [1.807, 2.05) is 0 Å². The van der Waals surface area contributed by atoms with Crippen molar-refractivity contribution >= 4 is 40.8 Å². The molecule has 0 radical (unpaired) electrons. The van der Waals surface area contributed by atoms with Gasteiger partial charge in [-0.2, -0.15) is 0 Å². The van der Waals surface area contributed by atoms with Gasteiger partial charge in [0.1, 0.15) is 17.5 Å². The quantitative estimate of drug-likeness (QED) is 0.576. The van der Waals surface area contributed by atoms with Crippen molar-refractivity contribution in [1.29, 1.82) is 0 Å². The first-order valence-electron chi connectivity index (χ1n) is 9.80. The number of amides is 4. The third-order valence-electron chi connectivity index (χ3n) is 4.95. The van der Waals surface area contributed by atoms with Crippen LogP contribution in [0, 0.1) is 0 Å². The Labute approximate surface area is 190 Å². The highest BCUT2D eigenvalue weighted by Gasteiger charge is 2.46. The van der Waals surface area contributed by atoms with Gasteiger partial charge in [-0.05, 0) is 24.3 Å². The van der Waals surface area contributed by atoms with E-state index in [0.717, 1.165) is 4.90 Å². The summed E-state index contributed by atoms with van der Waals surface area (Å²) in [6.07, 6.45) is -0.224. The summed E-state index contributed by atoms with van der Waals surface area (Å²) in [5, 5.41) is 3.22. The Morgan fingerprint density at radius 3 is 2.22 bits per heavy atom. The molecule has 2 aromatic rings. The Morgan fingerprint density at radius 1 is 1.03 bits per heavy atom. The molecule has 0 unspecified atom stereocenters. The minimum atomic E-state index is -0.971. The zero-order valence-corrected chi connectivity index (χ0v) is 18.7. The molecular weight excluding hydrogens is 438 g/mol. The van der Waals surface area contributed by atoms with E-state index >= 15 is 0 Å². The van der Waals surface area contributed by atoms with Crippen molar-refractivity contribution in [3.63, 3.8) is 0 Å². The minimum Gasteiger partial charge on any atom is -0.497 e. The Bertz CT molecular complexity index is 975. The average molecular weight is 462 g/mol. The Morgan fingerprint density at radius 2 is 1.66 bits per heavy atom. The van der Waals surface area contributed by atoms with Crippen LogP contribution in [0.5, 0.6) is 11.5 Å². The van der Waals surface area contributed by atoms with Crippen LogP contribution < -0.4 is 19.7 Å². The van der Waals surface area contributed by atoms with Crippen molar-refractivity contribution in [3.8, 4) is 11.5 Å². The number of ether oxygens (including phenoxy) is 3. The second-order valence-corrected chi connectivity index (χ2v) is 7.42. The van der Waals surface area contributed by atoms with Gasteiger partial charge in [0.25, 0.3) is 5.91 Å².